The second kappa shape index (κ2) is 11.2. The zero-order valence-electron chi connectivity index (χ0n) is 16.3. The molecule has 1 saturated heterocycles. The van der Waals surface area contributed by atoms with E-state index in [0.717, 1.165) is 32.5 Å². The van der Waals surface area contributed by atoms with Crippen molar-refractivity contribution in [1.29, 1.82) is 0 Å². The molecule has 2 aromatic rings. The molecular formula is C23H31NO3. The van der Waals surface area contributed by atoms with Gasteiger partial charge >= 0.3 is 0 Å². The summed E-state index contributed by atoms with van der Waals surface area (Å²) < 4.78 is 11.6. The summed E-state index contributed by atoms with van der Waals surface area (Å²) >= 11 is 0. The Morgan fingerprint density at radius 1 is 1.00 bits per heavy atom. The van der Waals surface area contributed by atoms with Crippen LogP contribution in [0, 0.1) is 5.92 Å². The minimum atomic E-state index is 0.278. The third-order valence-electron chi connectivity index (χ3n) is 4.89. The number of nitrogens with zero attached hydrogens (tertiary/aromatic N) is 1. The van der Waals surface area contributed by atoms with Crippen molar-refractivity contribution in [2.24, 2.45) is 5.92 Å². The number of hydrogen-bond acceptors (Lipinski definition) is 4. The largest absolute Gasteiger partial charge is 0.376 e. The highest BCUT2D eigenvalue weighted by molar-refractivity contribution is 5.16. The van der Waals surface area contributed by atoms with Gasteiger partial charge in [-0.2, -0.15) is 5.06 Å². The molecule has 2 atom stereocenters. The Labute approximate surface area is 163 Å². The smallest absolute Gasteiger partial charge is 0.122 e. The summed E-state index contributed by atoms with van der Waals surface area (Å²) in [6.07, 6.45) is 3.18. The van der Waals surface area contributed by atoms with Crippen LogP contribution in [0.15, 0.2) is 60.7 Å². The molecule has 1 heterocycles. The molecule has 27 heavy (non-hydrogen) atoms. The third kappa shape index (κ3) is 6.74. The van der Waals surface area contributed by atoms with Crippen LogP contribution in [0.4, 0.5) is 0 Å². The standard InChI is InChI=1S/C23H31NO3/c1-2-9-22(16-25-15-21-12-7-4-8-13-21)17-27-24-19-26-18-23(24)14-20-10-5-3-6-11-20/h3-8,10-13,22-23H,2,9,14-19H2,1H3/t22-,23-/m0/s1. The zero-order valence-corrected chi connectivity index (χ0v) is 16.3. The van der Waals surface area contributed by atoms with E-state index in [1.54, 1.807) is 0 Å². The molecule has 146 valence electrons. The highest BCUT2D eigenvalue weighted by Crippen LogP contribution is 2.18. The lowest BCUT2D eigenvalue weighted by Crippen LogP contribution is -2.35. The lowest BCUT2D eigenvalue weighted by Gasteiger charge is -2.25. The number of hydrogen-bond donors (Lipinski definition) is 0. The Bertz CT molecular complexity index is 635. The molecule has 2 aromatic carbocycles. The molecule has 1 aliphatic rings. The van der Waals surface area contributed by atoms with Crippen molar-refractivity contribution in [3.63, 3.8) is 0 Å². The summed E-state index contributed by atoms with van der Waals surface area (Å²) in [5.41, 5.74) is 2.53. The normalized spacial score (nSPS) is 18.6. The number of benzene rings is 2. The molecule has 1 fully saturated rings. The van der Waals surface area contributed by atoms with Gasteiger partial charge in [0.25, 0.3) is 0 Å². The van der Waals surface area contributed by atoms with Crippen molar-refractivity contribution in [2.75, 3.05) is 26.6 Å². The monoisotopic (exact) mass is 369 g/mol. The van der Waals surface area contributed by atoms with E-state index in [1.807, 2.05) is 29.3 Å². The maximum Gasteiger partial charge on any atom is 0.122 e. The lowest BCUT2D eigenvalue weighted by molar-refractivity contribution is -0.195. The molecule has 0 aromatic heterocycles. The van der Waals surface area contributed by atoms with Gasteiger partial charge in [-0.1, -0.05) is 74.0 Å². The second-order valence-corrected chi connectivity index (χ2v) is 7.21. The number of hydroxylamine groups is 2. The van der Waals surface area contributed by atoms with Crippen molar-refractivity contribution in [3.8, 4) is 0 Å². The Morgan fingerprint density at radius 2 is 1.70 bits per heavy atom. The van der Waals surface area contributed by atoms with Gasteiger partial charge in [0, 0.05) is 5.92 Å². The predicted molar refractivity (Wildman–Crippen MR) is 107 cm³/mol. The van der Waals surface area contributed by atoms with Gasteiger partial charge < -0.3 is 9.47 Å². The van der Waals surface area contributed by atoms with Crippen molar-refractivity contribution in [1.82, 2.24) is 5.06 Å². The Kier molecular flexibility index (Phi) is 8.31. The third-order valence-corrected chi connectivity index (χ3v) is 4.89. The van der Waals surface area contributed by atoms with Gasteiger partial charge in [0.15, 0.2) is 0 Å². The van der Waals surface area contributed by atoms with E-state index in [-0.39, 0.29) is 6.04 Å². The van der Waals surface area contributed by atoms with Crippen LogP contribution in [0.3, 0.4) is 0 Å². The van der Waals surface area contributed by atoms with E-state index >= 15 is 0 Å². The Hall–Kier alpha value is -1.72. The van der Waals surface area contributed by atoms with E-state index in [9.17, 15) is 0 Å². The van der Waals surface area contributed by atoms with Crippen LogP contribution in [0.25, 0.3) is 0 Å². The van der Waals surface area contributed by atoms with Crippen molar-refractivity contribution < 1.29 is 14.3 Å². The molecule has 0 bridgehead atoms. The summed E-state index contributed by atoms with van der Waals surface area (Å²) in [5.74, 6) is 0.400. The summed E-state index contributed by atoms with van der Waals surface area (Å²) in [7, 11) is 0. The minimum absolute atomic E-state index is 0.278. The quantitative estimate of drug-likeness (QED) is 0.585. The van der Waals surface area contributed by atoms with Gasteiger partial charge in [0.2, 0.25) is 0 Å². The average molecular weight is 370 g/mol. The number of ether oxygens (including phenoxy) is 2. The molecule has 0 spiro atoms. The van der Waals surface area contributed by atoms with Crippen LogP contribution in [-0.2, 0) is 27.3 Å². The van der Waals surface area contributed by atoms with Crippen molar-refractivity contribution >= 4 is 0 Å². The first-order chi connectivity index (χ1) is 13.3. The topological polar surface area (TPSA) is 30.9 Å². The van der Waals surface area contributed by atoms with Crippen LogP contribution in [0.1, 0.15) is 30.9 Å². The van der Waals surface area contributed by atoms with Gasteiger partial charge in [0.1, 0.15) is 6.73 Å². The first-order valence-corrected chi connectivity index (χ1v) is 9.98. The minimum Gasteiger partial charge on any atom is -0.376 e. The summed E-state index contributed by atoms with van der Waals surface area (Å²) in [6, 6.07) is 21.1. The van der Waals surface area contributed by atoms with Crippen molar-refractivity contribution in [2.45, 2.75) is 38.8 Å². The van der Waals surface area contributed by atoms with Crippen molar-refractivity contribution in [3.05, 3.63) is 71.8 Å². The van der Waals surface area contributed by atoms with E-state index in [1.165, 1.54) is 11.1 Å². The van der Waals surface area contributed by atoms with Gasteiger partial charge in [-0.05, 0) is 24.0 Å². The van der Waals surface area contributed by atoms with Gasteiger partial charge in [0.05, 0.1) is 32.5 Å². The molecule has 3 rings (SSSR count). The highest BCUT2D eigenvalue weighted by atomic mass is 16.7. The van der Waals surface area contributed by atoms with Gasteiger partial charge in [-0.25, -0.2) is 0 Å². The molecule has 0 unspecified atom stereocenters. The molecule has 4 nitrogen and oxygen atoms in total. The Balaban J connectivity index is 1.43. The Morgan fingerprint density at radius 3 is 2.41 bits per heavy atom. The second-order valence-electron chi connectivity index (χ2n) is 7.21. The highest BCUT2D eigenvalue weighted by Gasteiger charge is 2.27. The zero-order chi connectivity index (χ0) is 18.7. The van der Waals surface area contributed by atoms with E-state index in [4.69, 9.17) is 14.3 Å². The average Bonchev–Trinajstić information content (AvgIpc) is 3.14. The summed E-state index contributed by atoms with van der Waals surface area (Å²) in [4.78, 5) is 6.13. The maximum atomic E-state index is 6.13. The van der Waals surface area contributed by atoms with Gasteiger partial charge in [-0.3, -0.25) is 4.84 Å². The molecule has 0 saturated carbocycles. The lowest BCUT2D eigenvalue weighted by atomic mass is 10.1. The van der Waals surface area contributed by atoms with Crippen LogP contribution >= 0.6 is 0 Å². The summed E-state index contributed by atoms with van der Waals surface area (Å²) in [5, 5.41) is 2.01. The maximum absolute atomic E-state index is 6.13. The van der Waals surface area contributed by atoms with Crippen LogP contribution in [0.5, 0.6) is 0 Å². The predicted octanol–water partition coefficient (Wildman–Crippen LogP) is 4.45. The van der Waals surface area contributed by atoms with Crippen LogP contribution in [-0.4, -0.2) is 37.7 Å². The molecule has 1 aliphatic heterocycles. The fourth-order valence-electron chi connectivity index (χ4n) is 3.40. The molecule has 0 N–H and O–H groups in total. The molecule has 4 heteroatoms. The van der Waals surface area contributed by atoms with Crippen LogP contribution < -0.4 is 0 Å². The fourth-order valence-corrected chi connectivity index (χ4v) is 3.40. The van der Waals surface area contributed by atoms with E-state index < -0.39 is 0 Å². The summed E-state index contributed by atoms with van der Waals surface area (Å²) in [6.45, 7) is 5.53. The fraction of sp³-hybridized carbons (Fsp3) is 0.478. The molecular weight excluding hydrogens is 338 g/mol. The molecule has 0 radical (unpaired) electrons. The van der Waals surface area contributed by atoms with Gasteiger partial charge in [-0.15, -0.1) is 0 Å². The number of rotatable bonds is 11. The molecule has 0 aliphatic carbocycles. The first-order valence-electron chi connectivity index (χ1n) is 9.98. The molecule has 0 amide bonds. The first kappa shape index (κ1) is 20.0. The SMILES string of the molecule is CCC[C@@H](COCc1ccccc1)CON1COC[C@@H]1Cc1ccccc1. The van der Waals surface area contributed by atoms with E-state index in [0.29, 0.717) is 25.9 Å². The van der Waals surface area contributed by atoms with Crippen LogP contribution in [0.2, 0.25) is 0 Å². The van der Waals surface area contributed by atoms with E-state index in [2.05, 4.69) is 43.3 Å².